The molecule has 0 bridgehead atoms. The number of allylic oxidation sites excluding steroid dienone is 1. The number of hydrogen-bond acceptors (Lipinski definition) is 1. The van der Waals surface area contributed by atoms with E-state index in [0.29, 0.717) is 0 Å². The Kier molecular flexibility index (Phi) is 9.35. The van der Waals surface area contributed by atoms with Gasteiger partial charge in [0.1, 0.15) is 5.76 Å². The van der Waals surface area contributed by atoms with Crippen molar-refractivity contribution in [3.63, 3.8) is 0 Å². The Morgan fingerprint density at radius 3 is 2.00 bits per heavy atom. The molecule has 15 heavy (non-hydrogen) atoms. The normalized spacial score (nSPS) is 10.0. The van der Waals surface area contributed by atoms with Gasteiger partial charge >= 0.3 is 0 Å². The molecule has 0 saturated heterocycles. The summed E-state index contributed by atoms with van der Waals surface area (Å²) in [5.41, 5.74) is 1.05. The zero-order valence-electron chi connectivity index (χ0n) is 10.5. The Bertz CT molecular complexity index is 182. The Balaban J connectivity index is 3.24. The van der Waals surface area contributed by atoms with Crippen molar-refractivity contribution in [3.8, 4) is 0 Å². The van der Waals surface area contributed by atoms with Gasteiger partial charge in [-0.1, -0.05) is 58.6 Å². The molecule has 0 radical (unpaired) electrons. The van der Waals surface area contributed by atoms with E-state index in [-0.39, 0.29) is 0 Å². The fourth-order valence-corrected chi connectivity index (χ4v) is 1.58. The van der Waals surface area contributed by atoms with E-state index in [1.165, 1.54) is 44.9 Å². The third kappa shape index (κ3) is 8.29. The monoisotopic (exact) mass is 210 g/mol. The second kappa shape index (κ2) is 9.82. The van der Waals surface area contributed by atoms with Crippen LogP contribution in [0.25, 0.3) is 0 Å². The molecular formula is C14H26O. The van der Waals surface area contributed by atoms with Gasteiger partial charge in [0, 0.05) is 0 Å². The van der Waals surface area contributed by atoms with Crippen molar-refractivity contribution in [1.29, 1.82) is 0 Å². The molecule has 0 aliphatic heterocycles. The molecular weight excluding hydrogens is 184 g/mol. The van der Waals surface area contributed by atoms with Crippen molar-refractivity contribution < 1.29 is 4.74 Å². The zero-order valence-corrected chi connectivity index (χ0v) is 10.5. The fourth-order valence-electron chi connectivity index (χ4n) is 1.58. The van der Waals surface area contributed by atoms with Crippen molar-refractivity contribution in [3.05, 3.63) is 24.5 Å². The van der Waals surface area contributed by atoms with E-state index in [9.17, 15) is 0 Å². The van der Waals surface area contributed by atoms with Gasteiger partial charge in [-0.3, -0.25) is 0 Å². The van der Waals surface area contributed by atoms with E-state index in [1.54, 1.807) is 7.11 Å². The summed E-state index contributed by atoms with van der Waals surface area (Å²) >= 11 is 0. The molecule has 0 aliphatic carbocycles. The molecule has 1 nitrogen and oxygen atoms in total. The Morgan fingerprint density at radius 2 is 1.47 bits per heavy atom. The van der Waals surface area contributed by atoms with Crippen LogP contribution in [0.15, 0.2) is 24.5 Å². The summed E-state index contributed by atoms with van der Waals surface area (Å²) < 4.78 is 5.03. The van der Waals surface area contributed by atoms with Crippen LogP contribution < -0.4 is 0 Å². The minimum atomic E-state index is 0.737. The van der Waals surface area contributed by atoms with Crippen LogP contribution in [-0.2, 0) is 4.74 Å². The second-order valence-corrected chi connectivity index (χ2v) is 4.10. The lowest BCUT2D eigenvalue weighted by molar-refractivity contribution is 0.300. The van der Waals surface area contributed by atoms with Crippen LogP contribution in [0.5, 0.6) is 0 Å². The SMILES string of the molecule is C=C(CCCCCCCCC)C(=C)OC. The van der Waals surface area contributed by atoms with Gasteiger partial charge < -0.3 is 4.74 Å². The fraction of sp³-hybridized carbons (Fsp3) is 0.714. The topological polar surface area (TPSA) is 9.23 Å². The van der Waals surface area contributed by atoms with E-state index < -0.39 is 0 Å². The van der Waals surface area contributed by atoms with Crippen LogP contribution in [0.4, 0.5) is 0 Å². The number of rotatable bonds is 10. The molecule has 0 atom stereocenters. The molecule has 0 amide bonds. The number of methoxy groups -OCH3 is 1. The van der Waals surface area contributed by atoms with Crippen molar-refractivity contribution in [1.82, 2.24) is 0 Å². The van der Waals surface area contributed by atoms with Crippen LogP contribution in [0.1, 0.15) is 58.3 Å². The molecule has 0 saturated carbocycles. The van der Waals surface area contributed by atoms with Crippen LogP contribution in [0.3, 0.4) is 0 Å². The first-order chi connectivity index (χ1) is 7.22. The number of ether oxygens (including phenoxy) is 1. The summed E-state index contributed by atoms with van der Waals surface area (Å²) in [6.45, 7) is 9.99. The number of hydrogen-bond donors (Lipinski definition) is 0. The Labute approximate surface area is 95.2 Å². The lowest BCUT2D eigenvalue weighted by Crippen LogP contribution is -1.90. The standard InChI is InChI=1S/C14H26O/c1-5-6-7-8-9-10-11-12-13(2)14(3)15-4/h2-3,5-12H2,1,4H3. The minimum absolute atomic E-state index is 0.737. The maximum Gasteiger partial charge on any atom is 0.114 e. The van der Waals surface area contributed by atoms with Crippen LogP contribution in [0.2, 0.25) is 0 Å². The number of unbranched alkanes of at least 4 members (excludes halogenated alkanes) is 6. The van der Waals surface area contributed by atoms with Crippen molar-refractivity contribution >= 4 is 0 Å². The highest BCUT2D eigenvalue weighted by Crippen LogP contribution is 2.16. The van der Waals surface area contributed by atoms with Gasteiger partial charge in [-0.15, -0.1) is 0 Å². The molecule has 0 aromatic heterocycles. The highest BCUT2D eigenvalue weighted by molar-refractivity contribution is 5.18. The summed E-state index contributed by atoms with van der Waals surface area (Å²) in [6, 6.07) is 0. The van der Waals surface area contributed by atoms with Crippen LogP contribution in [-0.4, -0.2) is 7.11 Å². The Morgan fingerprint density at radius 1 is 0.933 bits per heavy atom. The molecule has 1 heteroatoms. The molecule has 0 N–H and O–H groups in total. The summed E-state index contributed by atoms with van der Waals surface area (Å²) in [6.07, 6.45) is 10.4. The van der Waals surface area contributed by atoms with Gasteiger partial charge in [-0.05, 0) is 18.4 Å². The van der Waals surface area contributed by atoms with Crippen LogP contribution >= 0.6 is 0 Å². The van der Waals surface area contributed by atoms with Gasteiger partial charge in [-0.25, -0.2) is 0 Å². The predicted molar refractivity (Wildman–Crippen MR) is 67.9 cm³/mol. The van der Waals surface area contributed by atoms with Gasteiger partial charge in [0.25, 0.3) is 0 Å². The molecule has 0 unspecified atom stereocenters. The van der Waals surface area contributed by atoms with Crippen molar-refractivity contribution in [2.24, 2.45) is 0 Å². The van der Waals surface area contributed by atoms with Crippen molar-refractivity contribution in [2.75, 3.05) is 7.11 Å². The average molecular weight is 210 g/mol. The third-order valence-corrected chi connectivity index (χ3v) is 2.72. The van der Waals surface area contributed by atoms with E-state index >= 15 is 0 Å². The van der Waals surface area contributed by atoms with Gasteiger partial charge in [0.05, 0.1) is 7.11 Å². The lowest BCUT2D eigenvalue weighted by Gasteiger charge is -2.07. The maximum atomic E-state index is 5.03. The quantitative estimate of drug-likeness (QED) is 0.285. The molecule has 88 valence electrons. The Hall–Kier alpha value is -0.720. The molecule has 0 aliphatic rings. The molecule has 0 heterocycles. The van der Waals surface area contributed by atoms with E-state index in [4.69, 9.17) is 4.74 Å². The highest BCUT2D eigenvalue weighted by atomic mass is 16.5. The first-order valence-corrected chi connectivity index (χ1v) is 6.13. The predicted octanol–water partition coefficient (Wildman–Crippen LogP) is 4.84. The van der Waals surface area contributed by atoms with Gasteiger partial charge in [-0.2, -0.15) is 0 Å². The first-order valence-electron chi connectivity index (χ1n) is 6.13. The maximum absolute atomic E-state index is 5.03. The summed E-state index contributed by atoms with van der Waals surface area (Å²) in [5.74, 6) is 0.737. The summed E-state index contributed by atoms with van der Waals surface area (Å²) in [4.78, 5) is 0. The first kappa shape index (κ1) is 14.3. The second-order valence-electron chi connectivity index (χ2n) is 4.10. The van der Waals surface area contributed by atoms with Gasteiger partial charge in [0.2, 0.25) is 0 Å². The van der Waals surface area contributed by atoms with E-state index in [1.807, 2.05) is 0 Å². The molecule has 0 fully saturated rings. The van der Waals surface area contributed by atoms with Crippen LogP contribution in [0, 0.1) is 0 Å². The average Bonchev–Trinajstić information content (AvgIpc) is 2.26. The molecule has 0 spiro atoms. The minimum Gasteiger partial charge on any atom is -0.497 e. The van der Waals surface area contributed by atoms with E-state index in [2.05, 4.69) is 20.1 Å². The summed E-state index contributed by atoms with van der Waals surface area (Å²) in [5, 5.41) is 0. The zero-order chi connectivity index (χ0) is 11.5. The molecule has 0 aromatic carbocycles. The van der Waals surface area contributed by atoms with E-state index in [0.717, 1.165) is 17.8 Å². The third-order valence-electron chi connectivity index (χ3n) is 2.72. The molecule has 0 aromatic rings. The molecule has 0 rings (SSSR count). The largest absolute Gasteiger partial charge is 0.497 e. The lowest BCUT2D eigenvalue weighted by atomic mass is 10.0. The highest BCUT2D eigenvalue weighted by Gasteiger charge is 1.99. The van der Waals surface area contributed by atoms with Gasteiger partial charge in [0.15, 0.2) is 0 Å². The smallest absolute Gasteiger partial charge is 0.114 e. The summed E-state index contributed by atoms with van der Waals surface area (Å²) in [7, 11) is 1.65. The van der Waals surface area contributed by atoms with Crippen molar-refractivity contribution in [2.45, 2.75) is 58.3 Å².